The van der Waals surface area contributed by atoms with Gasteiger partial charge in [0.2, 0.25) is 0 Å². The molecule has 0 atom stereocenters. The summed E-state index contributed by atoms with van der Waals surface area (Å²) in [7, 11) is 0. The summed E-state index contributed by atoms with van der Waals surface area (Å²) in [5.74, 6) is 0. The second-order valence-electron chi connectivity index (χ2n) is 15.6. The Labute approximate surface area is 343 Å². The van der Waals surface area contributed by atoms with E-state index in [0.717, 1.165) is 22.7 Å². The summed E-state index contributed by atoms with van der Waals surface area (Å²) in [4.78, 5) is 2.51. The Balaban J connectivity index is 1.19. The lowest BCUT2D eigenvalue weighted by molar-refractivity contribution is 0.768. The molecule has 0 unspecified atom stereocenters. The Morgan fingerprint density at radius 2 is 0.881 bits per heavy atom. The van der Waals surface area contributed by atoms with Crippen LogP contribution in [0.3, 0.4) is 0 Å². The number of aromatic nitrogens is 1. The van der Waals surface area contributed by atoms with Crippen molar-refractivity contribution < 1.29 is 0 Å². The highest BCUT2D eigenvalue weighted by Crippen LogP contribution is 2.57. The zero-order valence-electron chi connectivity index (χ0n) is 32.3. The van der Waals surface area contributed by atoms with E-state index in [2.05, 4.69) is 240 Å². The van der Waals surface area contributed by atoms with Crippen LogP contribution in [0.4, 0.5) is 17.1 Å². The second-order valence-corrected chi connectivity index (χ2v) is 15.6. The van der Waals surface area contributed by atoms with Crippen molar-refractivity contribution in [1.29, 1.82) is 0 Å². The van der Waals surface area contributed by atoms with Crippen molar-refractivity contribution in [2.45, 2.75) is 5.41 Å². The molecule has 11 aromatic rings. The first kappa shape index (κ1) is 33.5. The molecular weight excluding hydrogens is 713 g/mol. The average Bonchev–Trinajstić information content (AvgIpc) is 3.80. The molecule has 0 saturated carbocycles. The van der Waals surface area contributed by atoms with Crippen LogP contribution in [0.15, 0.2) is 231 Å². The van der Waals surface area contributed by atoms with Gasteiger partial charge in [0.05, 0.1) is 22.1 Å². The lowest BCUT2D eigenvalue weighted by Gasteiger charge is -2.35. The van der Waals surface area contributed by atoms with Crippen molar-refractivity contribution in [3.8, 4) is 16.8 Å². The van der Waals surface area contributed by atoms with Gasteiger partial charge in [-0.2, -0.15) is 0 Å². The van der Waals surface area contributed by atoms with Crippen molar-refractivity contribution in [2.24, 2.45) is 0 Å². The van der Waals surface area contributed by atoms with E-state index >= 15 is 0 Å². The summed E-state index contributed by atoms with van der Waals surface area (Å²) in [6.07, 6.45) is 0. The number of hydrogen-bond acceptors (Lipinski definition) is 1. The number of fused-ring (bicyclic) bond motifs is 9. The Morgan fingerprint density at radius 3 is 1.64 bits per heavy atom. The Bertz CT molecular complexity index is 3340. The highest BCUT2D eigenvalue weighted by atomic mass is 15.1. The van der Waals surface area contributed by atoms with E-state index in [1.165, 1.54) is 76.7 Å². The van der Waals surface area contributed by atoms with E-state index in [9.17, 15) is 0 Å². The number of nitrogens with zero attached hydrogens (tertiary/aromatic N) is 2. The number of anilines is 3. The molecule has 12 rings (SSSR count). The summed E-state index contributed by atoms with van der Waals surface area (Å²) < 4.78 is 2.42. The first-order valence-corrected chi connectivity index (χ1v) is 20.4. The molecule has 0 radical (unpaired) electrons. The van der Waals surface area contributed by atoms with Gasteiger partial charge in [-0.15, -0.1) is 0 Å². The molecule has 0 fully saturated rings. The van der Waals surface area contributed by atoms with E-state index in [0.29, 0.717) is 0 Å². The van der Waals surface area contributed by atoms with Crippen LogP contribution in [-0.2, 0) is 5.41 Å². The molecule has 1 heterocycles. The topological polar surface area (TPSA) is 8.17 Å². The van der Waals surface area contributed by atoms with Gasteiger partial charge >= 0.3 is 0 Å². The summed E-state index contributed by atoms with van der Waals surface area (Å²) >= 11 is 0. The molecule has 0 aliphatic heterocycles. The van der Waals surface area contributed by atoms with E-state index in [-0.39, 0.29) is 0 Å². The van der Waals surface area contributed by atoms with Crippen LogP contribution in [0.25, 0.3) is 60.2 Å². The molecule has 1 aliphatic carbocycles. The van der Waals surface area contributed by atoms with Crippen LogP contribution in [-0.4, -0.2) is 4.57 Å². The zero-order chi connectivity index (χ0) is 38.9. The molecule has 59 heavy (non-hydrogen) atoms. The van der Waals surface area contributed by atoms with Crippen LogP contribution in [0.1, 0.15) is 22.3 Å². The third-order valence-electron chi connectivity index (χ3n) is 12.6. The summed E-state index contributed by atoms with van der Waals surface area (Å²) in [6.45, 7) is 0. The predicted octanol–water partition coefficient (Wildman–Crippen LogP) is 14.9. The van der Waals surface area contributed by atoms with E-state index in [1.54, 1.807) is 0 Å². The number of rotatable bonds is 6. The van der Waals surface area contributed by atoms with Gasteiger partial charge in [-0.05, 0) is 98.1 Å². The number of hydrogen-bond donors (Lipinski definition) is 0. The maximum Gasteiger partial charge on any atom is 0.0714 e. The van der Waals surface area contributed by atoms with Crippen LogP contribution < -0.4 is 4.90 Å². The van der Waals surface area contributed by atoms with Crippen molar-refractivity contribution in [1.82, 2.24) is 4.57 Å². The third-order valence-corrected chi connectivity index (χ3v) is 12.6. The third kappa shape index (κ3) is 4.93. The van der Waals surface area contributed by atoms with Crippen LogP contribution in [0, 0.1) is 0 Å². The first-order chi connectivity index (χ1) is 29.3. The Morgan fingerprint density at radius 1 is 0.339 bits per heavy atom. The zero-order valence-corrected chi connectivity index (χ0v) is 32.3. The molecule has 0 bridgehead atoms. The van der Waals surface area contributed by atoms with Gasteiger partial charge in [0, 0.05) is 33.2 Å². The van der Waals surface area contributed by atoms with Crippen molar-refractivity contribution in [3.05, 3.63) is 253 Å². The fourth-order valence-electron chi connectivity index (χ4n) is 10.2. The molecule has 0 amide bonds. The highest BCUT2D eigenvalue weighted by molar-refractivity contribution is 6.15. The SMILES string of the molecule is c1ccc(-n2c3ccccc3c3ccc(N(c4ccc5c(c4)C(c4ccccc4)(c4ccccc4)c4ccccc4-5)c4cc5ccccc5c5ccccc45)cc32)cc1. The van der Waals surface area contributed by atoms with Gasteiger partial charge in [-0.3, -0.25) is 0 Å². The first-order valence-electron chi connectivity index (χ1n) is 20.4. The van der Waals surface area contributed by atoms with Crippen LogP contribution in [0.2, 0.25) is 0 Å². The monoisotopic (exact) mass is 750 g/mol. The van der Waals surface area contributed by atoms with Gasteiger partial charge in [0.1, 0.15) is 0 Å². The number of para-hydroxylation sites is 2. The molecule has 1 aliphatic rings. The maximum absolute atomic E-state index is 2.51. The molecule has 0 spiro atoms. The minimum atomic E-state index is -0.523. The van der Waals surface area contributed by atoms with Gasteiger partial charge in [0.25, 0.3) is 0 Å². The maximum atomic E-state index is 2.51. The van der Waals surface area contributed by atoms with E-state index in [1.807, 2.05) is 0 Å². The molecule has 1 aromatic heterocycles. The molecule has 10 aromatic carbocycles. The summed E-state index contributed by atoms with van der Waals surface area (Å²) in [5.41, 5.74) is 14.0. The van der Waals surface area contributed by atoms with Crippen molar-refractivity contribution in [3.63, 3.8) is 0 Å². The minimum Gasteiger partial charge on any atom is -0.310 e. The molecular formula is C57H38N2. The normalized spacial score (nSPS) is 12.9. The fraction of sp³-hybridized carbons (Fsp3) is 0.0175. The lowest BCUT2D eigenvalue weighted by atomic mass is 9.67. The molecule has 2 nitrogen and oxygen atoms in total. The van der Waals surface area contributed by atoms with Crippen LogP contribution >= 0.6 is 0 Å². The second kappa shape index (κ2) is 13.2. The van der Waals surface area contributed by atoms with Crippen LogP contribution in [0.5, 0.6) is 0 Å². The predicted molar refractivity (Wildman–Crippen MR) is 248 cm³/mol. The smallest absolute Gasteiger partial charge is 0.0714 e. The van der Waals surface area contributed by atoms with E-state index in [4.69, 9.17) is 0 Å². The van der Waals surface area contributed by atoms with E-state index < -0.39 is 5.41 Å². The standard InChI is InChI=1S/C57H38N2/c1-4-19-40(20-5-1)57(41-21-6-2-7-22-41)52-30-16-14-27-47(52)48-34-32-43(37-53(48)57)58(55-36-39-18-10-11-25-45(39)46-26-12-13-28-49(46)55)44-33-35-51-50-29-15-17-31-54(50)59(56(51)38-44)42-23-8-3-9-24-42/h1-38H. The van der Waals surface area contributed by atoms with Crippen molar-refractivity contribution in [2.75, 3.05) is 4.90 Å². The minimum absolute atomic E-state index is 0.523. The van der Waals surface area contributed by atoms with Gasteiger partial charge in [-0.1, -0.05) is 182 Å². The van der Waals surface area contributed by atoms with Gasteiger partial charge in [0.15, 0.2) is 0 Å². The largest absolute Gasteiger partial charge is 0.310 e. The molecule has 276 valence electrons. The number of benzene rings is 10. The summed E-state index contributed by atoms with van der Waals surface area (Å²) in [5, 5.41) is 7.38. The quantitative estimate of drug-likeness (QED) is 0.154. The van der Waals surface area contributed by atoms with Crippen molar-refractivity contribution >= 4 is 60.4 Å². The Hall–Kier alpha value is -7.68. The molecule has 0 saturated heterocycles. The average molecular weight is 751 g/mol. The fourth-order valence-corrected chi connectivity index (χ4v) is 10.2. The molecule has 2 heteroatoms. The Kier molecular flexibility index (Phi) is 7.48. The van der Waals surface area contributed by atoms with Gasteiger partial charge in [-0.25, -0.2) is 0 Å². The molecule has 0 N–H and O–H groups in total. The summed E-state index contributed by atoms with van der Waals surface area (Å²) in [6, 6.07) is 85.0. The highest BCUT2D eigenvalue weighted by Gasteiger charge is 2.46. The lowest BCUT2D eigenvalue weighted by Crippen LogP contribution is -2.28. The van der Waals surface area contributed by atoms with Gasteiger partial charge < -0.3 is 9.47 Å².